The number of allylic oxidation sites excluding steroid dienone is 7. The van der Waals surface area contributed by atoms with Crippen LogP contribution in [0.5, 0.6) is 0 Å². The molecule has 0 aliphatic rings. The van der Waals surface area contributed by atoms with Crippen LogP contribution in [0, 0.1) is 6.92 Å². The quantitative estimate of drug-likeness (QED) is 0.444. The molecule has 0 aliphatic heterocycles. The number of hydrogen-bond acceptors (Lipinski definition) is 1. The third kappa shape index (κ3) is 9.03. The van der Waals surface area contributed by atoms with E-state index in [-0.39, 0.29) is 6.42 Å². The van der Waals surface area contributed by atoms with E-state index in [0.717, 1.165) is 36.0 Å². The first-order chi connectivity index (χ1) is 13.4. The fourth-order valence-electron chi connectivity index (χ4n) is 2.88. The van der Waals surface area contributed by atoms with Crippen LogP contribution in [0.1, 0.15) is 77.5 Å². The van der Waals surface area contributed by atoms with Crippen molar-refractivity contribution in [1.82, 2.24) is 0 Å². The fraction of sp³-hybridized carbons (Fsp3) is 0.423. The van der Waals surface area contributed by atoms with Crippen LogP contribution in [-0.4, -0.2) is 11.1 Å². The van der Waals surface area contributed by atoms with Gasteiger partial charge in [0.25, 0.3) is 0 Å². The lowest BCUT2D eigenvalue weighted by Crippen LogP contribution is -1.98. The van der Waals surface area contributed by atoms with Gasteiger partial charge < -0.3 is 5.11 Å². The molecule has 28 heavy (non-hydrogen) atoms. The van der Waals surface area contributed by atoms with Crippen LogP contribution in [0.4, 0.5) is 0 Å². The van der Waals surface area contributed by atoms with Crippen molar-refractivity contribution in [2.45, 2.75) is 74.1 Å². The number of carboxylic acids is 1. The Morgan fingerprint density at radius 3 is 2.36 bits per heavy atom. The summed E-state index contributed by atoms with van der Waals surface area (Å²) in [6, 6.07) is 6.60. The number of rotatable bonds is 9. The summed E-state index contributed by atoms with van der Waals surface area (Å²) >= 11 is 0. The first-order valence-electron chi connectivity index (χ1n) is 10.4. The predicted molar refractivity (Wildman–Crippen MR) is 124 cm³/mol. The largest absolute Gasteiger partial charge is 0.481 e. The summed E-state index contributed by atoms with van der Waals surface area (Å²) in [6.45, 7) is 14.4. The Balaban J connectivity index is 0.00000352. The van der Waals surface area contributed by atoms with Crippen LogP contribution in [0.25, 0.3) is 5.57 Å². The SMILES string of the molecule is CC.C\C=C/C(CC(=O)O)=C(C)/C=C(\C=C/CC)c1ccc(C)c(CCC)c1. The molecule has 2 heteroatoms. The van der Waals surface area contributed by atoms with Gasteiger partial charge in [0.05, 0.1) is 6.42 Å². The van der Waals surface area contributed by atoms with Crippen molar-refractivity contribution < 1.29 is 9.90 Å². The zero-order valence-electron chi connectivity index (χ0n) is 18.8. The van der Waals surface area contributed by atoms with E-state index in [4.69, 9.17) is 0 Å². The monoisotopic (exact) mass is 382 g/mol. The summed E-state index contributed by atoms with van der Waals surface area (Å²) in [5, 5.41) is 9.18. The summed E-state index contributed by atoms with van der Waals surface area (Å²) < 4.78 is 0. The molecule has 0 radical (unpaired) electrons. The highest BCUT2D eigenvalue weighted by Gasteiger charge is 2.07. The first kappa shape index (κ1) is 25.7. The van der Waals surface area contributed by atoms with Gasteiger partial charge in [-0.25, -0.2) is 0 Å². The van der Waals surface area contributed by atoms with Gasteiger partial charge in [0.2, 0.25) is 0 Å². The maximum Gasteiger partial charge on any atom is 0.307 e. The summed E-state index contributed by atoms with van der Waals surface area (Å²) in [7, 11) is 0. The highest BCUT2D eigenvalue weighted by molar-refractivity contribution is 5.78. The first-order valence-corrected chi connectivity index (χ1v) is 10.4. The summed E-state index contributed by atoms with van der Waals surface area (Å²) in [5.41, 5.74) is 6.82. The number of benzene rings is 1. The van der Waals surface area contributed by atoms with Gasteiger partial charge >= 0.3 is 5.97 Å². The number of carboxylic acid groups (broad SMARTS) is 1. The standard InChI is InChI=1S/C24H32O2.C2H6/c1-6-9-12-22(15-19(5)21(11-8-3)17-24(25)26)23-14-13-18(4)20(16-23)10-7-2;1-2/h8-9,11-16H,6-7,10,17H2,1-5H3,(H,25,26);1-2H3/b11-8-,12-9-,21-19-,22-15+;. The molecule has 0 saturated heterocycles. The highest BCUT2D eigenvalue weighted by atomic mass is 16.4. The molecule has 0 unspecified atom stereocenters. The van der Waals surface area contributed by atoms with Gasteiger partial charge in [-0.05, 0) is 67.0 Å². The molecule has 0 heterocycles. The predicted octanol–water partition coefficient (Wildman–Crippen LogP) is 7.69. The molecule has 0 aliphatic carbocycles. The smallest absolute Gasteiger partial charge is 0.307 e. The summed E-state index contributed by atoms with van der Waals surface area (Å²) in [5.74, 6) is -0.808. The van der Waals surface area contributed by atoms with Crippen LogP contribution < -0.4 is 0 Å². The third-order valence-corrected chi connectivity index (χ3v) is 4.32. The lowest BCUT2D eigenvalue weighted by atomic mass is 9.94. The van der Waals surface area contributed by atoms with E-state index >= 15 is 0 Å². The molecule has 1 rings (SSSR count). The van der Waals surface area contributed by atoms with Crippen molar-refractivity contribution in [3.05, 3.63) is 76.4 Å². The summed E-state index contributed by atoms with van der Waals surface area (Å²) in [4.78, 5) is 11.2. The van der Waals surface area contributed by atoms with Gasteiger partial charge in [-0.15, -0.1) is 0 Å². The second-order valence-corrected chi connectivity index (χ2v) is 6.58. The number of aliphatic carboxylic acids is 1. The van der Waals surface area contributed by atoms with Crippen molar-refractivity contribution in [3.63, 3.8) is 0 Å². The van der Waals surface area contributed by atoms with Crippen LogP contribution in [0.3, 0.4) is 0 Å². The van der Waals surface area contributed by atoms with E-state index in [2.05, 4.69) is 57.2 Å². The van der Waals surface area contributed by atoms with Crippen molar-refractivity contribution in [2.24, 2.45) is 0 Å². The number of hydrogen-bond donors (Lipinski definition) is 1. The van der Waals surface area contributed by atoms with Crippen molar-refractivity contribution >= 4 is 11.5 Å². The highest BCUT2D eigenvalue weighted by Crippen LogP contribution is 2.24. The average Bonchev–Trinajstić information content (AvgIpc) is 2.68. The van der Waals surface area contributed by atoms with Crippen molar-refractivity contribution in [2.75, 3.05) is 0 Å². The van der Waals surface area contributed by atoms with E-state index in [1.54, 1.807) is 0 Å². The minimum atomic E-state index is -0.808. The van der Waals surface area contributed by atoms with Gasteiger partial charge in [-0.3, -0.25) is 4.79 Å². The van der Waals surface area contributed by atoms with E-state index in [1.165, 1.54) is 16.7 Å². The molecule has 0 amide bonds. The van der Waals surface area contributed by atoms with Crippen LogP contribution >= 0.6 is 0 Å². The summed E-state index contributed by atoms with van der Waals surface area (Å²) in [6.07, 6.45) is 13.4. The molecule has 0 fully saturated rings. The minimum Gasteiger partial charge on any atom is -0.481 e. The molecule has 0 aromatic heterocycles. The van der Waals surface area contributed by atoms with E-state index in [1.807, 2.05) is 39.8 Å². The van der Waals surface area contributed by atoms with Crippen molar-refractivity contribution in [3.8, 4) is 0 Å². The third-order valence-electron chi connectivity index (χ3n) is 4.32. The average molecular weight is 383 g/mol. The van der Waals surface area contributed by atoms with Crippen molar-refractivity contribution in [1.29, 1.82) is 0 Å². The van der Waals surface area contributed by atoms with Crippen LogP contribution in [-0.2, 0) is 11.2 Å². The fourth-order valence-corrected chi connectivity index (χ4v) is 2.88. The van der Waals surface area contributed by atoms with E-state index < -0.39 is 5.97 Å². The molecule has 154 valence electrons. The normalized spacial score (nSPS) is 12.8. The molecular weight excluding hydrogens is 344 g/mol. The molecule has 1 aromatic rings. The molecule has 0 bridgehead atoms. The van der Waals surface area contributed by atoms with Gasteiger partial charge in [0.1, 0.15) is 0 Å². The molecule has 0 atom stereocenters. The second kappa shape index (κ2) is 14.7. The maximum atomic E-state index is 11.2. The van der Waals surface area contributed by atoms with Gasteiger partial charge in [-0.2, -0.15) is 0 Å². The van der Waals surface area contributed by atoms with Gasteiger partial charge in [-0.1, -0.05) is 82.7 Å². The Morgan fingerprint density at radius 1 is 1.14 bits per heavy atom. The molecule has 1 N–H and O–H groups in total. The Labute approximate surface area is 172 Å². The zero-order valence-corrected chi connectivity index (χ0v) is 18.8. The Kier molecular flexibility index (Phi) is 13.4. The maximum absolute atomic E-state index is 11.2. The Morgan fingerprint density at radius 2 is 1.82 bits per heavy atom. The van der Waals surface area contributed by atoms with Crippen LogP contribution in [0.15, 0.2) is 59.7 Å². The Hall–Kier alpha value is -2.35. The molecule has 2 nitrogen and oxygen atoms in total. The van der Waals surface area contributed by atoms with E-state index in [9.17, 15) is 9.90 Å². The molecule has 0 spiro atoms. The zero-order chi connectivity index (χ0) is 21.5. The minimum absolute atomic E-state index is 0.0342. The van der Waals surface area contributed by atoms with Gasteiger partial charge in [0, 0.05) is 0 Å². The van der Waals surface area contributed by atoms with Gasteiger partial charge in [0.15, 0.2) is 0 Å². The number of carbonyl (C=O) groups is 1. The lowest BCUT2D eigenvalue weighted by Gasteiger charge is -2.11. The topological polar surface area (TPSA) is 37.3 Å². The Bertz CT molecular complexity index is 731. The molecule has 0 saturated carbocycles. The number of aryl methyl sites for hydroxylation is 2. The van der Waals surface area contributed by atoms with E-state index in [0.29, 0.717) is 0 Å². The molecular formula is C26H38O2. The second-order valence-electron chi connectivity index (χ2n) is 6.58. The molecule has 1 aromatic carbocycles. The lowest BCUT2D eigenvalue weighted by molar-refractivity contribution is -0.136. The van der Waals surface area contributed by atoms with Crippen LogP contribution in [0.2, 0.25) is 0 Å².